The SMILES string of the molecule is CC(C)(C)c1cc(NC(=O)C2CC2(Cl)Cl)n(Cc2ccccc2)n1. The summed E-state index contributed by atoms with van der Waals surface area (Å²) in [6.45, 7) is 6.87. The second kappa shape index (κ2) is 6.08. The zero-order chi connectivity index (χ0) is 17.5. The van der Waals surface area contributed by atoms with Crippen molar-refractivity contribution in [2.45, 2.75) is 43.5 Å². The predicted octanol–water partition coefficient (Wildman–Crippen LogP) is 4.36. The number of nitrogens with zero attached hydrogens (tertiary/aromatic N) is 2. The van der Waals surface area contributed by atoms with E-state index in [0.717, 1.165) is 11.3 Å². The third-order valence-corrected chi connectivity index (χ3v) is 4.95. The number of alkyl halides is 2. The Morgan fingerprint density at radius 2 is 1.96 bits per heavy atom. The highest BCUT2D eigenvalue weighted by molar-refractivity contribution is 6.52. The van der Waals surface area contributed by atoms with E-state index in [2.05, 4.69) is 31.2 Å². The molecule has 1 aromatic heterocycles. The van der Waals surface area contributed by atoms with Crippen LogP contribution in [0.25, 0.3) is 0 Å². The molecule has 0 radical (unpaired) electrons. The molecule has 3 rings (SSSR count). The first kappa shape index (κ1) is 17.3. The summed E-state index contributed by atoms with van der Waals surface area (Å²) in [4.78, 5) is 12.3. The minimum atomic E-state index is -0.929. The third kappa shape index (κ3) is 3.76. The Labute approximate surface area is 152 Å². The van der Waals surface area contributed by atoms with Crippen LogP contribution in [0.5, 0.6) is 0 Å². The average molecular weight is 366 g/mol. The second-order valence-corrected chi connectivity index (χ2v) is 8.86. The van der Waals surface area contributed by atoms with Gasteiger partial charge in [-0.2, -0.15) is 5.10 Å². The topological polar surface area (TPSA) is 46.9 Å². The molecule has 24 heavy (non-hydrogen) atoms. The number of carbonyl (C=O) groups is 1. The van der Waals surface area contributed by atoms with Gasteiger partial charge >= 0.3 is 0 Å². The Bertz CT molecular complexity index is 747. The van der Waals surface area contributed by atoms with Gasteiger partial charge in [-0.3, -0.25) is 4.79 Å². The van der Waals surface area contributed by atoms with Gasteiger partial charge in [-0.1, -0.05) is 51.1 Å². The number of carbonyl (C=O) groups excluding carboxylic acids is 1. The molecule has 0 saturated heterocycles. The predicted molar refractivity (Wildman–Crippen MR) is 97.6 cm³/mol. The van der Waals surface area contributed by atoms with Crippen molar-refractivity contribution in [1.29, 1.82) is 0 Å². The Balaban J connectivity index is 1.86. The number of hydrogen-bond acceptors (Lipinski definition) is 2. The molecular formula is C18H21Cl2N3O. The number of anilines is 1. The lowest BCUT2D eigenvalue weighted by Gasteiger charge is -2.14. The number of hydrogen-bond donors (Lipinski definition) is 1. The lowest BCUT2D eigenvalue weighted by molar-refractivity contribution is -0.117. The lowest BCUT2D eigenvalue weighted by Crippen LogP contribution is -2.19. The van der Waals surface area contributed by atoms with Gasteiger partial charge in [-0.05, 0) is 12.0 Å². The van der Waals surface area contributed by atoms with Crippen LogP contribution in [-0.2, 0) is 16.8 Å². The summed E-state index contributed by atoms with van der Waals surface area (Å²) < 4.78 is 0.890. The molecule has 1 aliphatic rings. The lowest BCUT2D eigenvalue weighted by atomic mass is 9.92. The number of nitrogens with one attached hydrogen (secondary N) is 1. The summed E-state index contributed by atoms with van der Waals surface area (Å²) in [7, 11) is 0. The van der Waals surface area contributed by atoms with Gasteiger partial charge in [0.2, 0.25) is 5.91 Å². The molecule has 4 nitrogen and oxygen atoms in total. The van der Waals surface area contributed by atoms with Crippen LogP contribution >= 0.6 is 23.2 Å². The van der Waals surface area contributed by atoms with Crippen LogP contribution < -0.4 is 5.32 Å². The summed E-state index contributed by atoms with van der Waals surface area (Å²) in [5.74, 6) is 0.151. The van der Waals surface area contributed by atoms with Gasteiger partial charge in [-0.25, -0.2) is 4.68 Å². The average Bonchev–Trinajstić information content (AvgIpc) is 2.95. The normalized spacial score (nSPS) is 19.1. The Hall–Kier alpha value is -1.52. The van der Waals surface area contributed by atoms with Crippen LogP contribution in [0.1, 0.15) is 38.4 Å². The highest BCUT2D eigenvalue weighted by Gasteiger charge is 2.56. The largest absolute Gasteiger partial charge is 0.311 e. The summed E-state index contributed by atoms with van der Waals surface area (Å²) >= 11 is 12.0. The maximum absolute atomic E-state index is 12.3. The van der Waals surface area contributed by atoms with Crippen LogP contribution in [0, 0.1) is 5.92 Å². The van der Waals surface area contributed by atoms with Gasteiger partial charge in [0.15, 0.2) is 0 Å². The molecule has 1 N–H and O–H groups in total. The molecule has 6 heteroatoms. The molecule has 1 atom stereocenters. The Morgan fingerprint density at radius 3 is 2.50 bits per heavy atom. The van der Waals surface area contributed by atoms with E-state index in [4.69, 9.17) is 23.2 Å². The molecule has 1 fully saturated rings. The van der Waals surface area contributed by atoms with Crippen molar-refractivity contribution in [3.63, 3.8) is 0 Å². The molecule has 1 saturated carbocycles. The molecule has 2 aromatic rings. The van der Waals surface area contributed by atoms with Crippen LogP contribution in [-0.4, -0.2) is 20.0 Å². The molecular weight excluding hydrogens is 345 g/mol. The van der Waals surface area contributed by atoms with E-state index in [-0.39, 0.29) is 17.2 Å². The zero-order valence-corrected chi connectivity index (χ0v) is 15.5. The molecule has 0 aliphatic heterocycles. The summed E-state index contributed by atoms with van der Waals surface area (Å²) in [5, 5.41) is 7.62. The van der Waals surface area contributed by atoms with Crippen molar-refractivity contribution in [2.24, 2.45) is 5.92 Å². The molecule has 0 spiro atoms. The standard InChI is InChI=1S/C18H21Cl2N3O/c1-17(2,3)14-9-15(21-16(24)13-10-18(13,19)20)23(22-14)11-12-7-5-4-6-8-12/h4-9,13H,10-11H2,1-3H3,(H,21,24). The van der Waals surface area contributed by atoms with E-state index >= 15 is 0 Å². The van der Waals surface area contributed by atoms with Crippen molar-refractivity contribution in [2.75, 3.05) is 5.32 Å². The van der Waals surface area contributed by atoms with Gasteiger partial charge in [0, 0.05) is 11.5 Å². The Kier molecular flexibility index (Phi) is 4.39. The fraction of sp³-hybridized carbons (Fsp3) is 0.444. The fourth-order valence-corrected chi connectivity index (χ4v) is 2.98. The molecule has 128 valence electrons. The first-order valence-electron chi connectivity index (χ1n) is 7.98. The number of benzene rings is 1. The zero-order valence-electron chi connectivity index (χ0n) is 14.0. The molecule has 0 bridgehead atoms. The first-order chi connectivity index (χ1) is 11.2. The van der Waals surface area contributed by atoms with Crippen molar-refractivity contribution in [3.8, 4) is 0 Å². The van der Waals surface area contributed by atoms with Crippen LogP contribution in [0.15, 0.2) is 36.4 Å². The van der Waals surface area contributed by atoms with E-state index in [9.17, 15) is 4.79 Å². The molecule has 1 aliphatic carbocycles. The van der Waals surface area contributed by atoms with Crippen molar-refractivity contribution in [1.82, 2.24) is 9.78 Å². The smallest absolute Gasteiger partial charge is 0.231 e. The van der Waals surface area contributed by atoms with E-state index in [0.29, 0.717) is 18.8 Å². The van der Waals surface area contributed by atoms with Gasteiger partial charge in [0.05, 0.1) is 18.2 Å². The number of halogens is 2. The van der Waals surface area contributed by atoms with Gasteiger partial charge in [0.25, 0.3) is 0 Å². The van der Waals surface area contributed by atoms with Crippen LogP contribution in [0.3, 0.4) is 0 Å². The van der Waals surface area contributed by atoms with Gasteiger partial charge < -0.3 is 5.32 Å². The summed E-state index contributed by atoms with van der Waals surface area (Å²) in [6.07, 6.45) is 0.487. The van der Waals surface area contributed by atoms with Crippen molar-refractivity contribution in [3.05, 3.63) is 47.7 Å². The third-order valence-electron chi connectivity index (χ3n) is 4.12. The summed E-state index contributed by atoms with van der Waals surface area (Å²) in [5.41, 5.74) is 1.93. The van der Waals surface area contributed by atoms with Gasteiger partial charge in [-0.15, -0.1) is 23.2 Å². The van der Waals surface area contributed by atoms with E-state index in [1.54, 1.807) is 0 Å². The van der Waals surface area contributed by atoms with Crippen LogP contribution in [0.4, 0.5) is 5.82 Å². The molecule has 1 amide bonds. The highest BCUT2D eigenvalue weighted by Crippen LogP contribution is 2.53. The van der Waals surface area contributed by atoms with Crippen LogP contribution in [0.2, 0.25) is 0 Å². The monoisotopic (exact) mass is 365 g/mol. The maximum atomic E-state index is 12.3. The minimum Gasteiger partial charge on any atom is -0.311 e. The molecule has 1 aromatic carbocycles. The Morgan fingerprint density at radius 1 is 1.33 bits per heavy atom. The fourth-order valence-electron chi connectivity index (χ4n) is 2.47. The molecule has 1 heterocycles. The highest BCUT2D eigenvalue weighted by atomic mass is 35.5. The van der Waals surface area contributed by atoms with E-state index in [1.807, 2.05) is 41.1 Å². The number of amides is 1. The van der Waals surface area contributed by atoms with E-state index < -0.39 is 4.33 Å². The minimum absolute atomic E-state index is 0.107. The number of aromatic nitrogens is 2. The molecule has 1 unspecified atom stereocenters. The van der Waals surface area contributed by atoms with Crippen molar-refractivity contribution < 1.29 is 4.79 Å². The van der Waals surface area contributed by atoms with Gasteiger partial charge in [0.1, 0.15) is 10.2 Å². The maximum Gasteiger partial charge on any atom is 0.231 e. The summed E-state index contributed by atoms with van der Waals surface area (Å²) in [6, 6.07) is 11.9. The van der Waals surface area contributed by atoms with Crippen molar-refractivity contribution >= 4 is 34.9 Å². The number of rotatable bonds is 4. The quantitative estimate of drug-likeness (QED) is 0.818. The second-order valence-electron chi connectivity index (χ2n) is 7.32. The van der Waals surface area contributed by atoms with E-state index in [1.165, 1.54) is 0 Å². The first-order valence-corrected chi connectivity index (χ1v) is 8.73.